The molecule has 0 saturated heterocycles. The van der Waals surface area contributed by atoms with Gasteiger partial charge in [-0.2, -0.15) is 0 Å². The van der Waals surface area contributed by atoms with Crippen LogP contribution in [-0.2, 0) is 11.3 Å². The molecule has 2 saturated carbocycles. The first kappa shape index (κ1) is 15.8. The summed E-state index contributed by atoms with van der Waals surface area (Å²) in [4.78, 5) is 20.7. The highest BCUT2D eigenvalue weighted by atomic mass is 32.1. The summed E-state index contributed by atoms with van der Waals surface area (Å²) in [6.45, 7) is 3.39. The lowest BCUT2D eigenvalue weighted by Gasteiger charge is -2.23. The molecule has 4 rings (SSSR count). The van der Waals surface area contributed by atoms with Crippen molar-refractivity contribution in [1.82, 2.24) is 9.88 Å². The molecule has 0 bridgehead atoms. The maximum Gasteiger partial charge on any atom is 0.242 e. The minimum atomic E-state index is 0.0828. The Morgan fingerprint density at radius 3 is 2.83 bits per heavy atom. The van der Waals surface area contributed by atoms with Gasteiger partial charge in [-0.1, -0.05) is 6.92 Å². The Balaban J connectivity index is 1.39. The lowest BCUT2D eigenvalue weighted by atomic mass is 10.3. The van der Waals surface area contributed by atoms with Crippen LogP contribution in [0.15, 0.2) is 28.1 Å². The molecule has 0 aliphatic heterocycles. The molecule has 128 valence electrons. The van der Waals surface area contributed by atoms with Gasteiger partial charge in [-0.3, -0.25) is 14.6 Å². The van der Waals surface area contributed by atoms with E-state index >= 15 is 0 Å². The predicted molar refractivity (Wildman–Crippen MR) is 94.2 cm³/mol. The van der Waals surface area contributed by atoms with Crippen LogP contribution in [0.2, 0.25) is 0 Å². The van der Waals surface area contributed by atoms with Gasteiger partial charge in [0.05, 0.1) is 13.1 Å². The molecule has 2 aliphatic rings. The second kappa shape index (κ2) is 6.33. The average Bonchev–Trinajstić information content (AvgIpc) is 3.42. The normalized spacial score (nSPS) is 22.8. The fourth-order valence-corrected chi connectivity index (χ4v) is 3.74. The van der Waals surface area contributed by atoms with E-state index in [0.717, 1.165) is 22.6 Å². The van der Waals surface area contributed by atoms with Crippen molar-refractivity contribution < 1.29 is 9.21 Å². The van der Waals surface area contributed by atoms with Crippen LogP contribution in [0.5, 0.6) is 0 Å². The highest BCUT2D eigenvalue weighted by molar-refractivity contribution is 7.13. The summed E-state index contributed by atoms with van der Waals surface area (Å²) in [5, 5.41) is 2.64. The van der Waals surface area contributed by atoms with E-state index in [2.05, 4.69) is 28.9 Å². The lowest BCUT2D eigenvalue weighted by Crippen LogP contribution is -2.39. The largest absolute Gasteiger partial charge is 0.464 e. The van der Waals surface area contributed by atoms with Crippen molar-refractivity contribution in [3.63, 3.8) is 0 Å². The van der Waals surface area contributed by atoms with Crippen LogP contribution in [0.3, 0.4) is 0 Å². The van der Waals surface area contributed by atoms with E-state index in [4.69, 9.17) is 4.42 Å². The summed E-state index contributed by atoms with van der Waals surface area (Å²) < 4.78 is 6.02. The van der Waals surface area contributed by atoms with E-state index < -0.39 is 0 Å². The smallest absolute Gasteiger partial charge is 0.242 e. The van der Waals surface area contributed by atoms with Gasteiger partial charge in [0, 0.05) is 30.6 Å². The minimum Gasteiger partial charge on any atom is -0.464 e. The van der Waals surface area contributed by atoms with Gasteiger partial charge in [0.15, 0.2) is 5.13 Å². The monoisotopic (exact) mass is 345 g/mol. The van der Waals surface area contributed by atoms with Gasteiger partial charge in [0.2, 0.25) is 5.91 Å². The summed E-state index contributed by atoms with van der Waals surface area (Å²) in [6.07, 6.45) is 5.30. The second-order valence-corrected chi connectivity index (χ2v) is 7.90. The van der Waals surface area contributed by atoms with E-state index in [1.54, 1.807) is 18.1 Å². The first-order chi connectivity index (χ1) is 11.6. The molecule has 2 aromatic rings. The topological polar surface area (TPSA) is 49.6 Å². The molecule has 2 aromatic heterocycles. The number of aromatic nitrogens is 1. The number of thiazole rings is 1. The van der Waals surface area contributed by atoms with Crippen molar-refractivity contribution in [2.75, 3.05) is 18.5 Å². The van der Waals surface area contributed by atoms with Crippen molar-refractivity contribution in [3.05, 3.63) is 35.2 Å². The third-order valence-corrected chi connectivity index (χ3v) is 5.85. The SMILES string of the molecule is C[C@@H]1C[C@H]1c1ccc(CN(CC(=O)N(C)c2nccs2)C2CC2)o1. The minimum absolute atomic E-state index is 0.0828. The lowest BCUT2D eigenvalue weighted by molar-refractivity contribution is -0.119. The quantitative estimate of drug-likeness (QED) is 0.771. The van der Waals surface area contributed by atoms with Gasteiger partial charge < -0.3 is 4.42 Å². The van der Waals surface area contributed by atoms with Gasteiger partial charge in [-0.25, -0.2) is 4.98 Å². The fourth-order valence-electron chi connectivity index (χ4n) is 3.12. The maximum atomic E-state index is 12.6. The molecule has 2 heterocycles. The molecule has 0 aromatic carbocycles. The van der Waals surface area contributed by atoms with Crippen LogP contribution in [0.25, 0.3) is 0 Å². The van der Waals surface area contributed by atoms with Crippen LogP contribution >= 0.6 is 11.3 Å². The molecule has 24 heavy (non-hydrogen) atoms. The Morgan fingerprint density at radius 2 is 2.21 bits per heavy atom. The zero-order chi connectivity index (χ0) is 16.7. The second-order valence-electron chi connectivity index (χ2n) is 7.03. The predicted octanol–water partition coefficient (Wildman–Crippen LogP) is 3.49. The number of anilines is 1. The number of carbonyl (C=O) groups is 1. The Hall–Kier alpha value is -1.66. The number of hydrogen-bond acceptors (Lipinski definition) is 5. The molecule has 6 heteroatoms. The van der Waals surface area contributed by atoms with Crippen LogP contribution in [0.4, 0.5) is 5.13 Å². The summed E-state index contributed by atoms with van der Waals surface area (Å²) in [5.74, 6) is 3.52. The van der Waals surface area contributed by atoms with Gasteiger partial charge >= 0.3 is 0 Å². The number of furan rings is 1. The summed E-state index contributed by atoms with van der Waals surface area (Å²) in [7, 11) is 1.80. The van der Waals surface area contributed by atoms with Crippen molar-refractivity contribution in [2.45, 2.75) is 44.7 Å². The number of rotatable bonds is 7. The molecule has 0 spiro atoms. The van der Waals surface area contributed by atoms with Crippen molar-refractivity contribution >= 4 is 22.4 Å². The Bertz CT molecular complexity index is 708. The van der Waals surface area contributed by atoms with Crippen molar-refractivity contribution in [1.29, 1.82) is 0 Å². The van der Waals surface area contributed by atoms with Gasteiger partial charge in [0.1, 0.15) is 11.5 Å². The highest BCUT2D eigenvalue weighted by Gasteiger charge is 2.37. The van der Waals surface area contributed by atoms with Gasteiger partial charge in [-0.05, 0) is 37.3 Å². The number of amides is 1. The molecule has 5 nitrogen and oxygen atoms in total. The summed E-state index contributed by atoms with van der Waals surface area (Å²) in [5.41, 5.74) is 0. The maximum absolute atomic E-state index is 12.6. The molecular formula is C18H23N3O2S. The van der Waals surface area contributed by atoms with E-state index in [9.17, 15) is 4.79 Å². The first-order valence-corrected chi connectivity index (χ1v) is 9.48. The average molecular weight is 345 g/mol. The number of hydrogen-bond donors (Lipinski definition) is 0. The van der Waals surface area contributed by atoms with Crippen LogP contribution in [0.1, 0.15) is 43.6 Å². The van der Waals surface area contributed by atoms with E-state index in [1.165, 1.54) is 30.6 Å². The number of nitrogens with zero attached hydrogens (tertiary/aromatic N) is 3. The van der Waals surface area contributed by atoms with Crippen molar-refractivity contribution in [3.8, 4) is 0 Å². The summed E-state index contributed by atoms with van der Waals surface area (Å²) >= 11 is 1.49. The molecule has 0 radical (unpaired) electrons. The van der Waals surface area contributed by atoms with E-state index in [-0.39, 0.29) is 5.91 Å². The molecule has 2 atom stereocenters. The fraction of sp³-hybridized carbons (Fsp3) is 0.556. The Labute approximate surface area is 146 Å². The molecule has 2 fully saturated rings. The molecular weight excluding hydrogens is 322 g/mol. The molecule has 1 amide bonds. The third kappa shape index (κ3) is 3.39. The van der Waals surface area contributed by atoms with Crippen LogP contribution in [0, 0.1) is 5.92 Å². The Kier molecular flexibility index (Phi) is 4.18. The van der Waals surface area contributed by atoms with Crippen molar-refractivity contribution in [2.24, 2.45) is 5.92 Å². The summed E-state index contributed by atoms with van der Waals surface area (Å²) in [6, 6.07) is 4.69. The first-order valence-electron chi connectivity index (χ1n) is 8.60. The highest BCUT2D eigenvalue weighted by Crippen LogP contribution is 2.47. The van der Waals surface area contributed by atoms with Gasteiger partial charge in [-0.15, -0.1) is 11.3 Å². The zero-order valence-corrected chi connectivity index (χ0v) is 15.0. The van der Waals surface area contributed by atoms with Crippen LogP contribution in [-0.4, -0.2) is 35.4 Å². The van der Waals surface area contributed by atoms with E-state index in [0.29, 0.717) is 25.0 Å². The molecule has 2 aliphatic carbocycles. The standard InChI is InChI=1S/C18H23N3O2S/c1-12-9-15(12)16-6-5-14(23-16)10-21(13-3-4-13)11-17(22)20(2)18-19-7-8-24-18/h5-8,12-13,15H,3-4,9-11H2,1-2H3/t12-,15-/m1/s1. The third-order valence-electron chi connectivity index (χ3n) is 5.00. The molecule has 0 N–H and O–H groups in total. The van der Waals surface area contributed by atoms with Gasteiger partial charge in [0.25, 0.3) is 0 Å². The van der Waals surface area contributed by atoms with E-state index in [1.807, 2.05) is 5.38 Å². The molecule has 0 unspecified atom stereocenters. The zero-order valence-electron chi connectivity index (χ0n) is 14.1. The Morgan fingerprint density at radius 1 is 1.42 bits per heavy atom. The number of carbonyl (C=O) groups excluding carboxylic acids is 1. The number of likely N-dealkylation sites (N-methyl/N-ethyl adjacent to an activating group) is 1. The van der Waals surface area contributed by atoms with Crippen LogP contribution < -0.4 is 4.90 Å².